The first-order valence-electron chi connectivity index (χ1n) is 4.38. The number of carboxylic acids is 1. The predicted octanol–water partition coefficient (Wildman–Crippen LogP) is 1.11. The molecule has 0 radical (unpaired) electrons. The van der Waals surface area contributed by atoms with Gasteiger partial charge in [0.05, 0.1) is 5.57 Å². The summed E-state index contributed by atoms with van der Waals surface area (Å²) < 4.78 is 5.24. The van der Waals surface area contributed by atoms with Crippen LogP contribution in [-0.4, -0.2) is 23.5 Å². The number of aliphatic carboxylic acids is 1. The van der Waals surface area contributed by atoms with Crippen LogP contribution in [0.4, 0.5) is 0 Å². The van der Waals surface area contributed by atoms with Crippen LogP contribution in [0.5, 0.6) is 5.75 Å². The maximum Gasteiger partial charge on any atom is 0.335 e. The second-order valence-electron chi connectivity index (χ2n) is 3.12. The van der Waals surface area contributed by atoms with E-state index in [-0.39, 0.29) is 5.57 Å². The Morgan fingerprint density at radius 3 is 2.80 bits per heavy atom. The molecule has 76 valence electrons. The summed E-state index contributed by atoms with van der Waals surface area (Å²) in [4.78, 5) is 21.5. The molecule has 1 unspecified atom stereocenters. The van der Waals surface area contributed by atoms with E-state index in [0.29, 0.717) is 17.6 Å². The zero-order valence-corrected chi connectivity index (χ0v) is 7.71. The van der Waals surface area contributed by atoms with Gasteiger partial charge in [0.15, 0.2) is 12.4 Å². The van der Waals surface area contributed by atoms with Crippen molar-refractivity contribution in [1.29, 1.82) is 0 Å². The first kappa shape index (κ1) is 9.45. The molecule has 1 aromatic rings. The van der Waals surface area contributed by atoms with E-state index in [9.17, 15) is 9.59 Å². The van der Waals surface area contributed by atoms with Gasteiger partial charge in [-0.05, 0) is 12.1 Å². The summed E-state index contributed by atoms with van der Waals surface area (Å²) in [6.45, 7) is 0. The highest BCUT2D eigenvalue weighted by molar-refractivity contribution is 5.98. The first-order valence-corrected chi connectivity index (χ1v) is 4.38. The van der Waals surface area contributed by atoms with Crippen molar-refractivity contribution in [3.63, 3.8) is 0 Å². The minimum absolute atomic E-state index is 0.0382. The van der Waals surface area contributed by atoms with Crippen LogP contribution in [0, 0.1) is 0 Å². The zero-order valence-electron chi connectivity index (χ0n) is 7.71. The zero-order chi connectivity index (χ0) is 10.8. The van der Waals surface area contributed by atoms with Crippen molar-refractivity contribution in [3.8, 4) is 5.75 Å². The van der Waals surface area contributed by atoms with Crippen LogP contribution < -0.4 is 4.74 Å². The molecular weight excluding hydrogens is 196 g/mol. The fourth-order valence-corrected chi connectivity index (χ4v) is 1.44. The van der Waals surface area contributed by atoms with E-state index in [2.05, 4.69) is 0 Å². The van der Waals surface area contributed by atoms with Crippen molar-refractivity contribution in [2.24, 2.45) is 0 Å². The molecule has 0 saturated carbocycles. The SMILES string of the molecule is O=CC1Oc2ccccc2C=C1C(=O)O. The largest absolute Gasteiger partial charge is 0.478 e. The third-order valence-electron chi connectivity index (χ3n) is 2.16. The van der Waals surface area contributed by atoms with E-state index in [1.165, 1.54) is 6.08 Å². The van der Waals surface area contributed by atoms with Gasteiger partial charge in [0.2, 0.25) is 0 Å². The lowest BCUT2D eigenvalue weighted by Gasteiger charge is -2.20. The van der Waals surface area contributed by atoms with E-state index in [4.69, 9.17) is 9.84 Å². The molecule has 0 spiro atoms. The van der Waals surface area contributed by atoms with Crippen molar-refractivity contribution in [3.05, 3.63) is 35.4 Å². The molecule has 0 aliphatic carbocycles. The van der Waals surface area contributed by atoms with E-state index < -0.39 is 12.1 Å². The molecule has 1 aromatic carbocycles. The lowest BCUT2D eigenvalue weighted by atomic mass is 10.0. The monoisotopic (exact) mass is 204 g/mol. The Kier molecular flexibility index (Phi) is 2.25. The quantitative estimate of drug-likeness (QED) is 0.733. The number of hydrogen-bond acceptors (Lipinski definition) is 3. The Labute approximate surface area is 85.8 Å². The second-order valence-corrected chi connectivity index (χ2v) is 3.12. The van der Waals surface area contributed by atoms with Crippen LogP contribution in [0.2, 0.25) is 0 Å². The number of aldehydes is 1. The summed E-state index contributed by atoms with van der Waals surface area (Å²) >= 11 is 0. The molecular formula is C11H8O4. The van der Waals surface area contributed by atoms with Gasteiger partial charge in [0.25, 0.3) is 0 Å². The average molecular weight is 204 g/mol. The smallest absolute Gasteiger partial charge is 0.335 e. The molecule has 0 saturated heterocycles. The Hall–Kier alpha value is -2.10. The van der Waals surface area contributed by atoms with Crippen LogP contribution in [0.3, 0.4) is 0 Å². The highest BCUT2D eigenvalue weighted by atomic mass is 16.5. The van der Waals surface area contributed by atoms with Gasteiger partial charge >= 0.3 is 5.97 Å². The number of carboxylic acid groups (broad SMARTS) is 1. The summed E-state index contributed by atoms with van der Waals surface area (Å²) in [5.41, 5.74) is 0.636. The van der Waals surface area contributed by atoms with Gasteiger partial charge in [-0.1, -0.05) is 18.2 Å². The number of fused-ring (bicyclic) bond motifs is 1. The molecule has 1 heterocycles. The molecule has 1 N–H and O–H groups in total. The number of benzene rings is 1. The van der Waals surface area contributed by atoms with Crippen LogP contribution in [0.25, 0.3) is 6.08 Å². The molecule has 1 aliphatic heterocycles. The summed E-state index contributed by atoms with van der Waals surface area (Å²) in [7, 11) is 0. The van der Waals surface area contributed by atoms with Crippen molar-refractivity contribution in [2.45, 2.75) is 6.10 Å². The van der Waals surface area contributed by atoms with E-state index in [1.54, 1.807) is 24.3 Å². The Morgan fingerprint density at radius 2 is 2.13 bits per heavy atom. The maximum absolute atomic E-state index is 10.8. The van der Waals surface area contributed by atoms with Gasteiger partial charge < -0.3 is 9.84 Å². The number of rotatable bonds is 2. The number of hydrogen-bond donors (Lipinski definition) is 1. The summed E-state index contributed by atoms with van der Waals surface area (Å²) in [6, 6.07) is 6.97. The van der Waals surface area contributed by atoms with Gasteiger partial charge in [-0.3, -0.25) is 4.79 Å². The van der Waals surface area contributed by atoms with Crippen LogP contribution >= 0.6 is 0 Å². The molecule has 0 amide bonds. The molecule has 0 bridgehead atoms. The number of para-hydroxylation sites is 1. The highest BCUT2D eigenvalue weighted by Gasteiger charge is 2.26. The third-order valence-corrected chi connectivity index (χ3v) is 2.16. The number of ether oxygens (including phenoxy) is 1. The maximum atomic E-state index is 10.8. The molecule has 4 heteroatoms. The normalized spacial score (nSPS) is 18.4. The second kappa shape index (κ2) is 3.57. The molecule has 0 aromatic heterocycles. The van der Waals surface area contributed by atoms with Gasteiger partial charge in [0, 0.05) is 5.56 Å². The first-order chi connectivity index (χ1) is 7.22. The number of carbonyl (C=O) groups excluding carboxylic acids is 1. The lowest BCUT2D eigenvalue weighted by molar-refractivity contribution is -0.134. The Bertz CT molecular complexity index is 448. The summed E-state index contributed by atoms with van der Waals surface area (Å²) in [5.74, 6) is -0.610. The molecule has 15 heavy (non-hydrogen) atoms. The van der Waals surface area contributed by atoms with Gasteiger partial charge in [-0.2, -0.15) is 0 Å². The van der Waals surface area contributed by atoms with Crippen molar-refractivity contribution in [2.75, 3.05) is 0 Å². The van der Waals surface area contributed by atoms with Gasteiger partial charge in [-0.25, -0.2) is 4.79 Å². The minimum Gasteiger partial charge on any atom is -0.478 e. The fraction of sp³-hybridized carbons (Fsp3) is 0.0909. The summed E-state index contributed by atoms with van der Waals surface area (Å²) in [5, 5.41) is 8.86. The topological polar surface area (TPSA) is 63.6 Å². The van der Waals surface area contributed by atoms with E-state index >= 15 is 0 Å². The van der Waals surface area contributed by atoms with Crippen molar-refractivity contribution >= 4 is 18.3 Å². The Balaban J connectivity index is 2.50. The minimum atomic E-state index is -1.14. The molecule has 0 fully saturated rings. The van der Waals surface area contributed by atoms with Gasteiger partial charge in [-0.15, -0.1) is 0 Å². The Morgan fingerprint density at radius 1 is 1.40 bits per heavy atom. The van der Waals surface area contributed by atoms with Crippen LogP contribution in [0.1, 0.15) is 5.56 Å². The highest BCUT2D eigenvalue weighted by Crippen LogP contribution is 2.28. The fourth-order valence-electron chi connectivity index (χ4n) is 1.44. The van der Waals surface area contributed by atoms with Gasteiger partial charge in [0.1, 0.15) is 5.75 Å². The standard InChI is InChI=1S/C11H8O4/c12-6-10-8(11(13)14)5-7-3-1-2-4-9(7)15-10/h1-6,10H,(H,13,14). The average Bonchev–Trinajstić information content (AvgIpc) is 2.27. The van der Waals surface area contributed by atoms with E-state index in [1.807, 2.05) is 0 Å². The molecule has 4 nitrogen and oxygen atoms in total. The van der Waals surface area contributed by atoms with E-state index in [0.717, 1.165) is 0 Å². The van der Waals surface area contributed by atoms with Crippen molar-refractivity contribution in [1.82, 2.24) is 0 Å². The third kappa shape index (κ3) is 1.61. The molecule has 1 aliphatic rings. The molecule has 2 rings (SSSR count). The van der Waals surface area contributed by atoms with Crippen LogP contribution in [-0.2, 0) is 9.59 Å². The number of carbonyl (C=O) groups is 2. The van der Waals surface area contributed by atoms with Crippen molar-refractivity contribution < 1.29 is 19.4 Å². The molecule has 1 atom stereocenters. The lowest BCUT2D eigenvalue weighted by Crippen LogP contribution is -2.28. The van der Waals surface area contributed by atoms with Crippen LogP contribution in [0.15, 0.2) is 29.8 Å². The predicted molar refractivity (Wildman–Crippen MR) is 52.5 cm³/mol. The summed E-state index contributed by atoms with van der Waals surface area (Å²) in [6.07, 6.45) is 0.924.